The lowest BCUT2D eigenvalue weighted by Gasteiger charge is -2.12. The zero-order valence-electron chi connectivity index (χ0n) is 13.2. The molecule has 3 rings (SSSR count). The van der Waals surface area contributed by atoms with E-state index in [1.54, 1.807) is 37.4 Å². The van der Waals surface area contributed by atoms with Crippen LogP contribution in [0.5, 0.6) is 0 Å². The van der Waals surface area contributed by atoms with Gasteiger partial charge in [0.1, 0.15) is 0 Å². The Hall–Kier alpha value is -3.02. The molecule has 1 aromatic heterocycles. The van der Waals surface area contributed by atoms with Gasteiger partial charge in [-0.05, 0) is 36.4 Å². The molecular weight excluding hydrogens is 294 g/mol. The molecule has 6 heteroatoms. The van der Waals surface area contributed by atoms with Gasteiger partial charge in [-0.15, -0.1) is 0 Å². The summed E-state index contributed by atoms with van der Waals surface area (Å²) >= 11 is 0. The molecule has 2 aromatic carbocycles. The minimum atomic E-state index is -0.428. The minimum absolute atomic E-state index is 0.215. The number of nitrogens with zero attached hydrogens (tertiary/aromatic N) is 2. The van der Waals surface area contributed by atoms with E-state index in [-0.39, 0.29) is 5.91 Å². The molecular formula is C17H17N3O3. The maximum absolute atomic E-state index is 12.3. The normalized spacial score (nSPS) is 10.7. The first-order valence-corrected chi connectivity index (χ1v) is 7.14. The van der Waals surface area contributed by atoms with E-state index in [9.17, 15) is 9.59 Å². The lowest BCUT2D eigenvalue weighted by atomic mass is 10.2. The van der Waals surface area contributed by atoms with Gasteiger partial charge in [-0.2, -0.15) is 0 Å². The van der Waals surface area contributed by atoms with Crippen LogP contribution >= 0.6 is 0 Å². The summed E-state index contributed by atoms with van der Waals surface area (Å²) in [6, 6.07) is 12.4. The van der Waals surface area contributed by atoms with Crippen LogP contribution < -0.4 is 16.0 Å². The summed E-state index contributed by atoms with van der Waals surface area (Å²) in [6.07, 6.45) is 0. The number of hydrogen-bond donors (Lipinski definition) is 1. The molecule has 0 saturated heterocycles. The highest BCUT2D eigenvalue weighted by atomic mass is 16.4. The highest BCUT2D eigenvalue weighted by Gasteiger charge is 2.10. The van der Waals surface area contributed by atoms with Crippen LogP contribution in [0.15, 0.2) is 51.7 Å². The first kappa shape index (κ1) is 14.9. The molecule has 0 aliphatic rings. The Labute approximate surface area is 132 Å². The summed E-state index contributed by atoms with van der Waals surface area (Å²) in [5, 5.41) is 2.80. The maximum atomic E-state index is 12.3. The molecule has 1 amide bonds. The highest BCUT2D eigenvalue weighted by molar-refractivity contribution is 6.05. The Morgan fingerprint density at radius 3 is 2.48 bits per heavy atom. The third kappa shape index (κ3) is 2.83. The second-order valence-corrected chi connectivity index (χ2v) is 5.50. The number of amides is 1. The predicted molar refractivity (Wildman–Crippen MR) is 90.2 cm³/mol. The Morgan fingerprint density at radius 2 is 1.83 bits per heavy atom. The van der Waals surface area contributed by atoms with Crippen LogP contribution in [0.3, 0.4) is 0 Å². The number of hydrogen-bond acceptors (Lipinski definition) is 4. The fourth-order valence-corrected chi connectivity index (χ4v) is 2.33. The van der Waals surface area contributed by atoms with Crippen molar-refractivity contribution in [1.82, 2.24) is 4.57 Å². The van der Waals surface area contributed by atoms with Gasteiger partial charge in [0, 0.05) is 44.1 Å². The van der Waals surface area contributed by atoms with Gasteiger partial charge < -0.3 is 14.6 Å². The number of carbonyl (C=O) groups is 1. The number of fused-ring (bicyclic) bond motifs is 1. The topological polar surface area (TPSA) is 67.5 Å². The molecule has 0 aliphatic heterocycles. The van der Waals surface area contributed by atoms with Crippen molar-refractivity contribution < 1.29 is 9.21 Å². The third-order valence-electron chi connectivity index (χ3n) is 3.70. The van der Waals surface area contributed by atoms with Crippen LogP contribution in [0.4, 0.5) is 11.4 Å². The summed E-state index contributed by atoms with van der Waals surface area (Å²) in [5.41, 5.74) is 3.29. The second-order valence-electron chi connectivity index (χ2n) is 5.50. The van der Waals surface area contributed by atoms with Gasteiger partial charge in [0.15, 0.2) is 5.58 Å². The number of nitrogens with one attached hydrogen (secondary N) is 1. The first-order chi connectivity index (χ1) is 11.0. The van der Waals surface area contributed by atoms with Gasteiger partial charge >= 0.3 is 5.76 Å². The van der Waals surface area contributed by atoms with Crippen molar-refractivity contribution in [3.05, 3.63) is 58.6 Å². The highest BCUT2D eigenvalue weighted by Crippen LogP contribution is 2.19. The first-order valence-electron chi connectivity index (χ1n) is 7.14. The maximum Gasteiger partial charge on any atom is 0.419 e. The van der Waals surface area contributed by atoms with Gasteiger partial charge in [0.25, 0.3) is 5.91 Å². The Balaban J connectivity index is 1.83. The number of carbonyl (C=O) groups excluding carboxylic acids is 1. The molecule has 0 fully saturated rings. The van der Waals surface area contributed by atoms with E-state index in [1.807, 2.05) is 31.1 Å². The van der Waals surface area contributed by atoms with Gasteiger partial charge in [-0.25, -0.2) is 4.79 Å². The van der Waals surface area contributed by atoms with Gasteiger partial charge in [-0.3, -0.25) is 9.36 Å². The standard InChI is InChI=1S/C17H17N3O3/c1-19(2)13-7-4-11(5-8-13)16(21)18-12-6-9-14-15(10-12)23-17(22)20(14)3/h4-10H,1-3H3,(H,18,21). The lowest BCUT2D eigenvalue weighted by Crippen LogP contribution is -2.13. The van der Waals surface area contributed by atoms with Crippen LogP contribution in [-0.2, 0) is 7.05 Å². The average Bonchev–Trinajstić information content (AvgIpc) is 2.81. The van der Waals surface area contributed by atoms with Crippen LogP contribution in [0, 0.1) is 0 Å². The van der Waals surface area contributed by atoms with Crippen LogP contribution in [0.1, 0.15) is 10.4 Å². The van der Waals surface area contributed by atoms with Crippen molar-refractivity contribution in [2.24, 2.45) is 7.05 Å². The molecule has 0 saturated carbocycles. The van der Waals surface area contributed by atoms with E-state index in [4.69, 9.17) is 4.42 Å². The van der Waals surface area contributed by atoms with Crippen LogP contribution in [-0.4, -0.2) is 24.6 Å². The van der Waals surface area contributed by atoms with E-state index < -0.39 is 5.76 Å². The zero-order valence-corrected chi connectivity index (χ0v) is 13.2. The Kier molecular flexibility index (Phi) is 3.65. The summed E-state index contributed by atoms with van der Waals surface area (Å²) in [5.74, 6) is -0.643. The van der Waals surface area contributed by atoms with E-state index in [1.165, 1.54) is 4.57 Å². The number of benzene rings is 2. The van der Waals surface area contributed by atoms with E-state index >= 15 is 0 Å². The summed E-state index contributed by atoms with van der Waals surface area (Å²) in [4.78, 5) is 25.7. The fraction of sp³-hybridized carbons (Fsp3) is 0.176. The molecule has 23 heavy (non-hydrogen) atoms. The Bertz CT molecular complexity index is 920. The van der Waals surface area contributed by atoms with E-state index in [2.05, 4.69) is 5.32 Å². The summed E-state index contributed by atoms with van der Waals surface area (Å²) in [7, 11) is 5.52. The molecule has 0 radical (unpaired) electrons. The number of aromatic nitrogens is 1. The van der Waals surface area contributed by atoms with Crippen molar-refractivity contribution in [2.75, 3.05) is 24.3 Å². The summed E-state index contributed by atoms with van der Waals surface area (Å²) < 4.78 is 6.54. The van der Waals surface area contributed by atoms with Crippen molar-refractivity contribution in [2.45, 2.75) is 0 Å². The minimum Gasteiger partial charge on any atom is -0.408 e. The largest absolute Gasteiger partial charge is 0.419 e. The van der Waals surface area contributed by atoms with Crippen LogP contribution in [0.2, 0.25) is 0 Å². The molecule has 6 nitrogen and oxygen atoms in total. The number of oxazole rings is 1. The molecule has 0 atom stereocenters. The molecule has 1 heterocycles. The molecule has 0 aliphatic carbocycles. The number of rotatable bonds is 3. The zero-order chi connectivity index (χ0) is 16.6. The molecule has 0 spiro atoms. The monoisotopic (exact) mass is 311 g/mol. The second kappa shape index (κ2) is 5.64. The SMILES string of the molecule is CN(C)c1ccc(C(=O)Nc2ccc3c(c2)oc(=O)n3C)cc1. The van der Waals surface area contributed by atoms with Crippen molar-refractivity contribution in [3.63, 3.8) is 0 Å². The van der Waals surface area contributed by atoms with E-state index in [0.717, 1.165) is 5.69 Å². The van der Waals surface area contributed by atoms with Gasteiger partial charge in [-0.1, -0.05) is 0 Å². The molecule has 0 bridgehead atoms. The lowest BCUT2D eigenvalue weighted by molar-refractivity contribution is 0.102. The quantitative estimate of drug-likeness (QED) is 0.807. The van der Waals surface area contributed by atoms with Gasteiger partial charge in [0.2, 0.25) is 0 Å². The average molecular weight is 311 g/mol. The van der Waals surface area contributed by atoms with Crippen molar-refractivity contribution >= 4 is 28.4 Å². The van der Waals surface area contributed by atoms with Crippen LogP contribution in [0.25, 0.3) is 11.1 Å². The summed E-state index contributed by atoms with van der Waals surface area (Å²) in [6.45, 7) is 0. The molecule has 1 N–H and O–H groups in total. The van der Waals surface area contributed by atoms with Gasteiger partial charge in [0.05, 0.1) is 5.52 Å². The van der Waals surface area contributed by atoms with Crippen molar-refractivity contribution in [1.29, 1.82) is 0 Å². The number of anilines is 2. The molecule has 118 valence electrons. The van der Waals surface area contributed by atoms with Crippen molar-refractivity contribution in [3.8, 4) is 0 Å². The smallest absolute Gasteiger partial charge is 0.408 e. The molecule has 0 unspecified atom stereocenters. The third-order valence-corrected chi connectivity index (χ3v) is 3.70. The predicted octanol–water partition coefficient (Wildman–Crippen LogP) is 2.45. The van der Waals surface area contributed by atoms with E-state index in [0.29, 0.717) is 22.4 Å². The fourth-order valence-electron chi connectivity index (χ4n) is 2.33. The molecule has 3 aromatic rings. The number of aryl methyl sites for hydroxylation is 1. The Morgan fingerprint density at radius 1 is 1.13 bits per heavy atom.